The predicted molar refractivity (Wildman–Crippen MR) is 96.6 cm³/mol. The number of nitrogens with one attached hydrogen (secondary N) is 1. The number of ether oxygens (including phenoxy) is 2. The van der Waals surface area contributed by atoms with Crippen molar-refractivity contribution >= 4 is 11.6 Å². The van der Waals surface area contributed by atoms with Gasteiger partial charge in [0.05, 0.1) is 18.2 Å². The molecule has 0 atom stereocenters. The molecular formula is C19H28ClNO2. The van der Waals surface area contributed by atoms with Gasteiger partial charge >= 0.3 is 0 Å². The first-order chi connectivity index (χ1) is 11.1. The summed E-state index contributed by atoms with van der Waals surface area (Å²) in [5.41, 5.74) is 2.71. The zero-order chi connectivity index (χ0) is 16.7. The molecule has 0 heterocycles. The van der Waals surface area contributed by atoms with Crippen LogP contribution in [0.15, 0.2) is 23.8 Å². The molecule has 128 valence electrons. The average molecular weight is 338 g/mol. The van der Waals surface area contributed by atoms with E-state index in [9.17, 15) is 0 Å². The van der Waals surface area contributed by atoms with Crippen molar-refractivity contribution in [2.75, 3.05) is 13.7 Å². The van der Waals surface area contributed by atoms with E-state index in [1.165, 1.54) is 25.7 Å². The van der Waals surface area contributed by atoms with E-state index in [4.69, 9.17) is 21.1 Å². The van der Waals surface area contributed by atoms with E-state index in [2.05, 4.69) is 11.4 Å². The fraction of sp³-hybridized carbons (Fsp3) is 0.579. The van der Waals surface area contributed by atoms with Gasteiger partial charge < -0.3 is 14.8 Å². The van der Waals surface area contributed by atoms with E-state index in [-0.39, 0.29) is 6.10 Å². The lowest BCUT2D eigenvalue weighted by atomic mass is 9.97. The first kappa shape index (κ1) is 18.2. The Bertz CT molecular complexity index is 540. The summed E-state index contributed by atoms with van der Waals surface area (Å²) in [6.07, 6.45) is 8.81. The average Bonchev–Trinajstić information content (AvgIpc) is 2.54. The number of rotatable bonds is 8. The molecule has 0 spiro atoms. The van der Waals surface area contributed by atoms with Crippen LogP contribution in [0.5, 0.6) is 11.5 Å². The highest BCUT2D eigenvalue weighted by atomic mass is 35.5. The predicted octanol–water partition coefficient (Wildman–Crippen LogP) is 5.12. The molecule has 1 N–H and O–H groups in total. The van der Waals surface area contributed by atoms with Crippen LogP contribution in [-0.2, 0) is 6.54 Å². The molecule has 0 aromatic heterocycles. The van der Waals surface area contributed by atoms with Crippen LogP contribution in [0.3, 0.4) is 0 Å². The summed E-state index contributed by atoms with van der Waals surface area (Å²) in [5, 5.41) is 4.09. The van der Waals surface area contributed by atoms with Crippen LogP contribution in [0.25, 0.3) is 0 Å². The third-order valence-electron chi connectivity index (χ3n) is 3.98. The second-order valence-electron chi connectivity index (χ2n) is 6.31. The SMILES string of the molecule is COc1cc(CNCCC2=CCCCC2)cc(Cl)c1OC(C)C. The third kappa shape index (κ3) is 5.74. The Morgan fingerprint density at radius 2 is 2.09 bits per heavy atom. The molecule has 0 fully saturated rings. The molecule has 2 rings (SSSR count). The van der Waals surface area contributed by atoms with Gasteiger partial charge in [-0.2, -0.15) is 0 Å². The van der Waals surface area contributed by atoms with E-state index < -0.39 is 0 Å². The minimum absolute atomic E-state index is 0.0640. The molecule has 23 heavy (non-hydrogen) atoms. The van der Waals surface area contributed by atoms with Gasteiger partial charge in [-0.05, 0) is 70.2 Å². The molecule has 1 aromatic rings. The lowest BCUT2D eigenvalue weighted by Gasteiger charge is -2.17. The number of hydrogen-bond acceptors (Lipinski definition) is 3. The molecule has 1 aromatic carbocycles. The van der Waals surface area contributed by atoms with Gasteiger partial charge in [-0.25, -0.2) is 0 Å². The zero-order valence-corrected chi connectivity index (χ0v) is 15.2. The molecule has 1 aliphatic rings. The smallest absolute Gasteiger partial charge is 0.180 e. The van der Waals surface area contributed by atoms with E-state index in [1.54, 1.807) is 12.7 Å². The topological polar surface area (TPSA) is 30.5 Å². The summed E-state index contributed by atoms with van der Waals surface area (Å²) in [5.74, 6) is 1.32. The number of halogens is 1. The minimum Gasteiger partial charge on any atom is -0.493 e. The maximum atomic E-state index is 6.35. The molecule has 1 aliphatic carbocycles. The van der Waals surface area contributed by atoms with Crippen molar-refractivity contribution in [1.82, 2.24) is 5.32 Å². The quantitative estimate of drug-likeness (QED) is 0.527. The second-order valence-corrected chi connectivity index (χ2v) is 6.72. The summed E-state index contributed by atoms with van der Waals surface area (Å²) in [7, 11) is 1.64. The molecule has 0 amide bonds. The van der Waals surface area contributed by atoms with Crippen LogP contribution < -0.4 is 14.8 Å². The molecule has 0 aliphatic heterocycles. The van der Waals surface area contributed by atoms with Crippen LogP contribution in [0, 0.1) is 0 Å². The van der Waals surface area contributed by atoms with E-state index in [0.717, 1.165) is 25.1 Å². The first-order valence-electron chi connectivity index (χ1n) is 8.52. The van der Waals surface area contributed by atoms with Crippen molar-refractivity contribution < 1.29 is 9.47 Å². The van der Waals surface area contributed by atoms with Gasteiger partial charge in [0.2, 0.25) is 0 Å². The maximum absolute atomic E-state index is 6.35. The largest absolute Gasteiger partial charge is 0.493 e. The van der Waals surface area contributed by atoms with Crippen LogP contribution in [0.4, 0.5) is 0 Å². The molecule has 0 radical (unpaired) electrons. The number of allylic oxidation sites excluding steroid dienone is 1. The molecule has 0 saturated carbocycles. The monoisotopic (exact) mass is 337 g/mol. The lowest BCUT2D eigenvalue weighted by molar-refractivity contribution is 0.230. The van der Waals surface area contributed by atoms with E-state index in [1.807, 2.05) is 26.0 Å². The Morgan fingerprint density at radius 1 is 1.26 bits per heavy atom. The van der Waals surface area contributed by atoms with Crippen LogP contribution in [-0.4, -0.2) is 19.8 Å². The summed E-state index contributed by atoms with van der Waals surface area (Å²) in [6.45, 7) is 5.73. The van der Waals surface area contributed by atoms with Crippen molar-refractivity contribution in [3.05, 3.63) is 34.4 Å². The number of methoxy groups -OCH3 is 1. The van der Waals surface area contributed by atoms with Crippen LogP contribution in [0.1, 0.15) is 51.5 Å². The van der Waals surface area contributed by atoms with E-state index >= 15 is 0 Å². The Morgan fingerprint density at radius 3 is 2.74 bits per heavy atom. The highest BCUT2D eigenvalue weighted by molar-refractivity contribution is 6.32. The standard InChI is InChI=1S/C19H28ClNO2/c1-14(2)23-19-17(20)11-16(12-18(19)22-3)13-21-10-9-15-7-5-4-6-8-15/h7,11-12,14,21H,4-6,8-10,13H2,1-3H3. The van der Waals surface area contributed by atoms with Gasteiger partial charge in [0.15, 0.2) is 11.5 Å². The van der Waals surface area contributed by atoms with Gasteiger partial charge in [0, 0.05) is 6.54 Å². The lowest BCUT2D eigenvalue weighted by Crippen LogP contribution is -2.16. The van der Waals surface area contributed by atoms with E-state index in [0.29, 0.717) is 16.5 Å². The summed E-state index contributed by atoms with van der Waals surface area (Å²) in [6, 6.07) is 3.95. The van der Waals surface area contributed by atoms with Crippen molar-refractivity contribution in [2.24, 2.45) is 0 Å². The van der Waals surface area contributed by atoms with Crippen molar-refractivity contribution in [1.29, 1.82) is 0 Å². The van der Waals surface area contributed by atoms with Crippen LogP contribution >= 0.6 is 11.6 Å². The highest BCUT2D eigenvalue weighted by Gasteiger charge is 2.13. The molecule has 0 bridgehead atoms. The summed E-state index contributed by atoms with van der Waals surface area (Å²) < 4.78 is 11.2. The van der Waals surface area contributed by atoms with Gasteiger partial charge in [-0.1, -0.05) is 23.3 Å². The zero-order valence-electron chi connectivity index (χ0n) is 14.5. The molecule has 4 heteroatoms. The molecule has 0 unspecified atom stereocenters. The Labute approximate surface area is 145 Å². The fourth-order valence-electron chi connectivity index (χ4n) is 2.84. The normalized spacial score (nSPS) is 14.7. The first-order valence-corrected chi connectivity index (χ1v) is 8.89. The summed E-state index contributed by atoms with van der Waals surface area (Å²) >= 11 is 6.35. The second kappa shape index (κ2) is 9.19. The van der Waals surface area contributed by atoms with Gasteiger partial charge in [-0.15, -0.1) is 0 Å². The number of benzene rings is 1. The Hall–Kier alpha value is -1.19. The molecular weight excluding hydrogens is 310 g/mol. The van der Waals surface area contributed by atoms with Crippen molar-refractivity contribution in [3.8, 4) is 11.5 Å². The van der Waals surface area contributed by atoms with Gasteiger partial charge in [-0.3, -0.25) is 0 Å². The minimum atomic E-state index is 0.0640. The van der Waals surface area contributed by atoms with Gasteiger partial charge in [0.1, 0.15) is 0 Å². The van der Waals surface area contributed by atoms with Crippen molar-refractivity contribution in [3.63, 3.8) is 0 Å². The summed E-state index contributed by atoms with van der Waals surface area (Å²) in [4.78, 5) is 0. The van der Waals surface area contributed by atoms with Crippen LogP contribution in [0.2, 0.25) is 5.02 Å². The maximum Gasteiger partial charge on any atom is 0.180 e. The highest BCUT2D eigenvalue weighted by Crippen LogP contribution is 2.37. The van der Waals surface area contributed by atoms with Crippen molar-refractivity contribution in [2.45, 2.75) is 58.6 Å². The third-order valence-corrected chi connectivity index (χ3v) is 4.26. The fourth-order valence-corrected chi connectivity index (χ4v) is 3.12. The van der Waals surface area contributed by atoms with Gasteiger partial charge in [0.25, 0.3) is 0 Å². The molecule has 0 saturated heterocycles. The Kier molecular flexibility index (Phi) is 7.25. The molecule has 3 nitrogen and oxygen atoms in total. The number of hydrogen-bond donors (Lipinski definition) is 1. The Balaban J connectivity index is 1.89.